The highest BCUT2D eigenvalue weighted by Gasteiger charge is 2.38. The molecule has 0 heterocycles. The number of hydrogen-bond donors (Lipinski definition) is 0. The van der Waals surface area contributed by atoms with Gasteiger partial charge in [-0.2, -0.15) is 13.2 Å². The van der Waals surface area contributed by atoms with Crippen molar-refractivity contribution in [1.29, 1.82) is 0 Å². The molecule has 0 aliphatic carbocycles. The van der Waals surface area contributed by atoms with Crippen molar-refractivity contribution in [3.05, 3.63) is 34.1 Å². The van der Waals surface area contributed by atoms with Crippen LogP contribution in [0.2, 0.25) is 5.02 Å². The van der Waals surface area contributed by atoms with Gasteiger partial charge in [0.2, 0.25) is 0 Å². The molecule has 1 nitrogen and oxygen atoms in total. The highest BCUT2D eigenvalue weighted by molar-refractivity contribution is 6.31. The quantitative estimate of drug-likeness (QED) is 0.540. The summed E-state index contributed by atoms with van der Waals surface area (Å²) in [7, 11) is 0. The van der Waals surface area contributed by atoms with Crippen LogP contribution in [0.4, 0.5) is 17.6 Å². The average Bonchev–Trinajstić information content (AvgIpc) is 2.06. The van der Waals surface area contributed by atoms with E-state index in [0.717, 1.165) is 19.1 Å². The van der Waals surface area contributed by atoms with Crippen LogP contribution >= 0.6 is 11.6 Å². The van der Waals surface area contributed by atoms with Crippen molar-refractivity contribution in [3.8, 4) is 0 Å². The van der Waals surface area contributed by atoms with Crippen molar-refractivity contribution in [2.75, 3.05) is 0 Å². The Morgan fingerprint density at radius 2 is 1.87 bits per heavy atom. The number of rotatable bonds is 1. The van der Waals surface area contributed by atoms with Crippen molar-refractivity contribution < 1.29 is 22.4 Å². The van der Waals surface area contributed by atoms with Crippen LogP contribution in [0.5, 0.6) is 0 Å². The summed E-state index contributed by atoms with van der Waals surface area (Å²) in [6, 6.07) is 1.78. The second-order valence-electron chi connectivity index (χ2n) is 2.84. The van der Waals surface area contributed by atoms with Crippen LogP contribution in [0.3, 0.4) is 0 Å². The Morgan fingerprint density at radius 1 is 1.33 bits per heavy atom. The maximum absolute atomic E-state index is 13.1. The van der Waals surface area contributed by atoms with E-state index in [1.165, 1.54) is 0 Å². The highest BCUT2D eigenvalue weighted by Crippen LogP contribution is 2.36. The number of benzene rings is 1. The standard InChI is InChI=1S/C9H5ClF4O/c1-4(15)5-2-3-6(10)8(11)7(5)9(12,13)14/h2-3H,1H3. The molecule has 0 radical (unpaired) electrons. The molecular weight excluding hydrogens is 236 g/mol. The molecule has 0 bridgehead atoms. The Bertz CT molecular complexity index is 411. The summed E-state index contributed by atoms with van der Waals surface area (Å²) in [5.41, 5.74) is -2.33. The molecule has 0 amide bonds. The molecule has 1 rings (SSSR count). The summed E-state index contributed by atoms with van der Waals surface area (Å²) in [5.74, 6) is -2.48. The first-order chi connectivity index (χ1) is 6.75. The van der Waals surface area contributed by atoms with E-state index in [1.807, 2.05) is 0 Å². The fourth-order valence-corrected chi connectivity index (χ4v) is 1.28. The summed E-state index contributed by atoms with van der Waals surface area (Å²) in [5, 5.41) is -0.660. The predicted octanol–water partition coefficient (Wildman–Crippen LogP) is 3.70. The maximum Gasteiger partial charge on any atom is 0.419 e. The summed E-state index contributed by atoms with van der Waals surface area (Å²) >= 11 is 5.21. The van der Waals surface area contributed by atoms with Crippen molar-refractivity contribution >= 4 is 17.4 Å². The molecule has 1 aromatic rings. The molecule has 15 heavy (non-hydrogen) atoms. The molecule has 0 aliphatic rings. The van der Waals surface area contributed by atoms with Gasteiger partial charge in [-0.3, -0.25) is 4.79 Å². The van der Waals surface area contributed by atoms with E-state index >= 15 is 0 Å². The smallest absolute Gasteiger partial charge is 0.294 e. The summed E-state index contributed by atoms with van der Waals surface area (Å²) in [6.07, 6.45) is -4.93. The van der Waals surface area contributed by atoms with Gasteiger partial charge < -0.3 is 0 Å². The minimum absolute atomic E-state index is 0.660. The molecule has 0 saturated carbocycles. The molecule has 0 N–H and O–H groups in total. The van der Waals surface area contributed by atoms with E-state index in [-0.39, 0.29) is 0 Å². The number of halogens is 5. The van der Waals surface area contributed by atoms with Crippen LogP contribution in [0.15, 0.2) is 12.1 Å². The first-order valence-corrected chi connectivity index (χ1v) is 4.19. The minimum atomic E-state index is -4.93. The van der Waals surface area contributed by atoms with Crippen LogP contribution in [0.1, 0.15) is 22.8 Å². The van der Waals surface area contributed by atoms with Crippen LogP contribution in [0.25, 0.3) is 0 Å². The Balaban J connectivity index is 3.57. The van der Waals surface area contributed by atoms with E-state index in [9.17, 15) is 22.4 Å². The van der Waals surface area contributed by atoms with Gasteiger partial charge in [-0.15, -0.1) is 0 Å². The van der Waals surface area contributed by atoms with Gasteiger partial charge in [-0.05, 0) is 19.1 Å². The molecule has 0 atom stereocenters. The normalized spacial score (nSPS) is 11.6. The lowest BCUT2D eigenvalue weighted by atomic mass is 10.0. The third-order valence-corrected chi connectivity index (χ3v) is 2.05. The minimum Gasteiger partial charge on any atom is -0.294 e. The van der Waals surface area contributed by atoms with Crippen LogP contribution in [0, 0.1) is 5.82 Å². The topological polar surface area (TPSA) is 17.1 Å². The fraction of sp³-hybridized carbons (Fsp3) is 0.222. The molecule has 0 saturated heterocycles. The van der Waals surface area contributed by atoms with E-state index < -0.39 is 33.9 Å². The number of carbonyl (C=O) groups excluding carboxylic acids is 1. The third-order valence-electron chi connectivity index (χ3n) is 1.76. The number of Topliss-reactive ketones (excluding diaryl/α,β-unsaturated/α-hetero) is 1. The molecule has 82 valence electrons. The molecule has 1 aromatic carbocycles. The van der Waals surface area contributed by atoms with Crippen molar-refractivity contribution in [2.24, 2.45) is 0 Å². The zero-order chi connectivity index (χ0) is 11.8. The van der Waals surface area contributed by atoms with E-state index in [1.54, 1.807) is 0 Å². The number of alkyl halides is 3. The zero-order valence-electron chi connectivity index (χ0n) is 7.45. The van der Waals surface area contributed by atoms with Gasteiger partial charge in [0.15, 0.2) is 11.6 Å². The second kappa shape index (κ2) is 3.81. The van der Waals surface area contributed by atoms with E-state index in [4.69, 9.17) is 11.6 Å². The lowest BCUT2D eigenvalue weighted by molar-refractivity contribution is -0.140. The lowest BCUT2D eigenvalue weighted by Crippen LogP contribution is -2.14. The Labute approximate surface area is 87.7 Å². The van der Waals surface area contributed by atoms with Crippen LogP contribution in [-0.2, 0) is 6.18 Å². The monoisotopic (exact) mass is 240 g/mol. The number of carbonyl (C=O) groups is 1. The third kappa shape index (κ3) is 2.28. The van der Waals surface area contributed by atoms with E-state index in [0.29, 0.717) is 0 Å². The lowest BCUT2D eigenvalue weighted by Gasteiger charge is -2.12. The average molecular weight is 241 g/mol. The molecule has 0 aliphatic heterocycles. The Kier molecular flexibility index (Phi) is 3.04. The van der Waals surface area contributed by atoms with Gasteiger partial charge >= 0.3 is 6.18 Å². The zero-order valence-corrected chi connectivity index (χ0v) is 8.21. The number of hydrogen-bond acceptors (Lipinski definition) is 1. The SMILES string of the molecule is CC(=O)c1ccc(Cl)c(F)c1C(F)(F)F. The van der Waals surface area contributed by atoms with Gasteiger partial charge in [0.25, 0.3) is 0 Å². The Hall–Kier alpha value is -1.10. The largest absolute Gasteiger partial charge is 0.419 e. The summed E-state index contributed by atoms with van der Waals surface area (Å²) < 4.78 is 50.3. The van der Waals surface area contributed by atoms with Gasteiger partial charge in [0, 0.05) is 5.56 Å². The second-order valence-corrected chi connectivity index (χ2v) is 3.25. The fourth-order valence-electron chi connectivity index (χ4n) is 1.12. The van der Waals surface area contributed by atoms with Gasteiger partial charge in [0.05, 0.1) is 5.02 Å². The van der Waals surface area contributed by atoms with Gasteiger partial charge in [0.1, 0.15) is 5.56 Å². The molecule has 0 fully saturated rings. The first-order valence-electron chi connectivity index (χ1n) is 3.81. The predicted molar refractivity (Wildman–Crippen MR) is 46.4 cm³/mol. The molecule has 6 heteroatoms. The first kappa shape index (κ1) is 12.0. The van der Waals surface area contributed by atoms with Gasteiger partial charge in [-0.1, -0.05) is 11.6 Å². The van der Waals surface area contributed by atoms with E-state index in [2.05, 4.69) is 0 Å². The Morgan fingerprint density at radius 3 is 2.27 bits per heavy atom. The molecule has 0 aromatic heterocycles. The summed E-state index contributed by atoms with van der Waals surface area (Å²) in [4.78, 5) is 10.9. The molecular formula is C9H5ClF4O. The van der Waals surface area contributed by atoms with Crippen molar-refractivity contribution in [3.63, 3.8) is 0 Å². The summed E-state index contributed by atoms with van der Waals surface area (Å²) in [6.45, 7) is 0.928. The molecule has 0 spiro atoms. The highest BCUT2D eigenvalue weighted by atomic mass is 35.5. The molecule has 0 unspecified atom stereocenters. The van der Waals surface area contributed by atoms with Crippen LogP contribution in [-0.4, -0.2) is 5.78 Å². The number of ketones is 1. The van der Waals surface area contributed by atoms with Crippen molar-refractivity contribution in [1.82, 2.24) is 0 Å². The maximum atomic E-state index is 13.1. The van der Waals surface area contributed by atoms with Crippen LogP contribution < -0.4 is 0 Å². The van der Waals surface area contributed by atoms with Crippen molar-refractivity contribution in [2.45, 2.75) is 13.1 Å². The van der Waals surface area contributed by atoms with Gasteiger partial charge in [-0.25, -0.2) is 4.39 Å².